The van der Waals surface area contributed by atoms with Gasteiger partial charge in [0.2, 0.25) is 5.91 Å². The van der Waals surface area contributed by atoms with Gasteiger partial charge in [-0.05, 0) is 26.0 Å². The minimum atomic E-state index is -0.0149. The minimum Gasteiger partial charge on any atom is -0.347 e. The van der Waals surface area contributed by atoms with Gasteiger partial charge in [0, 0.05) is 25.2 Å². The molecule has 0 N–H and O–H groups in total. The zero-order chi connectivity index (χ0) is 18.4. The van der Waals surface area contributed by atoms with E-state index in [0.29, 0.717) is 17.1 Å². The summed E-state index contributed by atoms with van der Waals surface area (Å²) in [6, 6.07) is 9.76. The van der Waals surface area contributed by atoms with Crippen molar-refractivity contribution in [2.45, 2.75) is 20.4 Å². The fourth-order valence-corrected chi connectivity index (χ4v) is 3.05. The molecule has 1 amide bonds. The number of carbonyl (C=O) groups excluding carboxylic acids is 1. The van der Waals surface area contributed by atoms with E-state index in [-0.39, 0.29) is 12.5 Å². The molecule has 3 heterocycles. The van der Waals surface area contributed by atoms with Crippen LogP contribution in [0.25, 0.3) is 28.0 Å². The Labute approximate surface area is 150 Å². The average Bonchev–Trinajstić information content (AvgIpc) is 3.12. The SMILES string of the molecule is Cc1cc(C)n(-c2nnc3c4ccccc4n(CC(=O)N(C)C)c3n2)n1. The Hall–Kier alpha value is -3.29. The summed E-state index contributed by atoms with van der Waals surface area (Å²) < 4.78 is 3.55. The van der Waals surface area contributed by atoms with Gasteiger partial charge in [0.25, 0.3) is 5.95 Å². The van der Waals surface area contributed by atoms with Crippen LogP contribution in [-0.4, -0.2) is 54.4 Å². The maximum Gasteiger partial charge on any atom is 0.272 e. The first kappa shape index (κ1) is 16.2. The second-order valence-electron chi connectivity index (χ2n) is 6.51. The molecule has 4 rings (SSSR count). The summed E-state index contributed by atoms with van der Waals surface area (Å²) in [5.74, 6) is 0.378. The van der Waals surface area contributed by atoms with Gasteiger partial charge in [-0.2, -0.15) is 10.1 Å². The number of aromatic nitrogens is 6. The van der Waals surface area contributed by atoms with Crippen molar-refractivity contribution < 1.29 is 4.79 Å². The van der Waals surface area contributed by atoms with Crippen LogP contribution in [0.2, 0.25) is 0 Å². The molecule has 3 aromatic heterocycles. The summed E-state index contributed by atoms with van der Waals surface area (Å²) in [4.78, 5) is 18.6. The van der Waals surface area contributed by atoms with Gasteiger partial charge < -0.3 is 9.47 Å². The molecule has 0 radical (unpaired) electrons. The number of fused-ring (bicyclic) bond motifs is 3. The fourth-order valence-electron chi connectivity index (χ4n) is 3.05. The maximum absolute atomic E-state index is 12.3. The monoisotopic (exact) mass is 349 g/mol. The molecule has 0 spiro atoms. The van der Waals surface area contributed by atoms with Crippen molar-refractivity contribution in [3.8, 4) is 5.95 Å². The highest BCUT2D eigenvalue weighted by Gasteiger charge is 2.18. The average molecular weight is 349 g/mol. The fraction of sp³-hybridized carbons (Fsp3) is 0.278. The molecule has 26 heavy (non-hydrogen) atoms. The molecule has 0 saturated carbocycles. The van der Waals surface area contributed by atoms with E-state index < -0.39 is 0 Å². The summed E-state index contributed by atoms with van der Waals surface area (Å²) >= 11 is 0. The number of hydrogen-bond donors (Lipinski definition) is 0. The Morgan fingerprint density at radius 3 is 2.62 bits per heavy atom. The van der Waals surface area contributed by atoms with Crippen molar-refractivity contribution in [2.75, 3.05) is 14.1 Å². The predicted octanol–water partition coefficient (Wildman–Crippen LogP) is 1.87. The summed E-state index contributed by atoms with van der Waals surface area (Å²) in [6.45, 7) is 4.05. The van der Waals surface area contributed by atoms with Crippen LogP contribution in [0.15, 0.2) is 30.3 Å². The number of nitrogens with zero attached hydrogens (tertiary/aromatic N) is 7. The standard InChI is InChI=1S/C18H19N7O/c1-11-9-12(2)25(22-11)18-19-17-16(20-21-18)13-7-5-6-8-14(13)24(17)10-15(26)23(3)4/h5-9H,10H2,1-4H3. The van der Waals surface area contributed by atoms with E-state index >= 15 is 0 Å². The van der Waals surface area contributed by atoms with Crippen LogP contribution in [0.5, 0.6) is 0 Å². The normalized spacial score (nSPS) is 11.4. The number of benzene rings is 1. The van der Waals surface area contributed by atoms with Crippen molar-refractivity contribution in [1.29, 1.82) is 0 Å². The molecule has 0 fully saturated rings. The molecule has 8 heteroatoms. The Kier molecular flexibility index (Phi) is 3.68. The first-order valence-electron chi connectivity index (χ1n) is 8.31. The third-order valence-corrected chi connectivity index (χ3v) is 4.35. The number of rotatable bonds is 3. The van der Waals surface area contributed by atoms with Gasteiger partial charge in [-0.3, -0.25) is 4.79 Å². The highest BCUT2D eigenvalue weighted by molar-refractivity contribution is 6.04. The molecular formula is C18H19N7O. The lowest BCUT2D eigenvalue weighted by Gasteiger charge is -2.12. The van der Waals surface area contributed by atoms with E-state index in [4.69, 9.17) is 0 Å². The van der Waals surface area contributed by atoms with E-state index in [1.165, 1.54) is 0 Å². The smallest absolute Gasteiger partial charge is 0.272 e. The van der Waals surface area contributed by atoms with Crippen LogP contribution in [0.4, 0.5) is 0 Å². The van der Waals surface area contributed by atoms with Crippen LogP contribution in [0.3, 0.4) is 0 Å². The van der Waals surface area contributed by atoms with Crippen LogP contribution < -0.4 is 0 Å². The lowest BCUT2D eigenvalue weighted by molar-refractivity contribution is -0.129. The quantitative estimate of drug-likeness (QED) is 0.564. The zero-order valence-electron chi connectivity index (χ0n) is 15.1. The van der Waals surface area contributed by atoms with Crippen LogP contribution in [-0.2, 0) is 11.3 Å². The highest BCUT2D eigenvalue weighted by atomic mass is 16.2. The first-order valence-corrected chi connectivity index (χ1v) is 8.31. The van der Waals surface area contributed by atoms with Crippen LogP contribution in [0, 0.1) is 13.8 Å². The third kappa shape index (κ3) is 2.50. The predicted molar refractivity (Wildman–Crippen MR) is 98.1 cm³/mol. The number of likely N-dealkylation sites (N-methyl/N-ethyl adjacent to an activating group) is 1. The number of carbonyl (C=O) groups is 1. The first-order chi connectivity index (χ1) is 12.5. The lowest BCUT2D eigenvalue weighted by atomic mass is 10.2. The molecular weight excluding hydrogens is 330 g/mol. The van der Waals surface area contributed by atoms with Gasteiger partial charge in [-0.15, -0.1) is 10.2 Å². The van der Waals surface area contributed by atoms with Gasteiger partial charge in [-0.25, -0.2) is 4.68 Å². The molecule has 0 bridgehead atoms. The molecule has 0 aliphatic carbocycles. The molecule has 0 saturated heterocycles. The van der Waals surface area contributed by atoms with E-state index in [2.05, 4.69) is 20.3 Å². The largest absolute Gasteiger partial charge is 0.347 e. The summed E-state index contributed by atoms with van der Waals surface area (Å²) in [5.41, 5.74) is 4.02. The Bertz CT molecular complexity index is 1140. The summed E-state index contributed by atoms with van der Waals surface area (Å²) in [7, 11) is 3.48. The topological polar surface area (TPSA) is 81.7 Å². The van der Waals surface area contributed by atoms with Crippen molar-refractivity contribution in [3.63, 3.8) is 0 Å². The van der Waals surface area contributed by atoms with Crippen molar-refractivity contribution in [2.24, 2.45) is 0 Å². The zero-order valence-corrected chi connectivity index (χ0v) is 15.1. The molecule has 0 aliphatic heterocycles. The number of amides is 1. The molecule has 4 aromatic rings. The minimum absolute atomic E-state index is 0.0149. The van der Waals surface area contributed by atoms with E-state index in [1.54, 1.807) is 23.7 Å². The van der Waals surface area contributed by atoms with Crippen LogP contribution >= 0.6 is 0 Å². The van der Waals surface area contributed by atoms with Crippen LogP contribution in [0.1, 0.15) is 11.4 Å². The van der Waals surface area contributed by atoms with Crippen molar-refractivity contribution >= 4 is 28.0 Å². The van der Waals surface area contributed by atoms with E-state index in [0.717, 1.165) is 22.3 Å². The molecule has 1 aromatic carbocycles. The maximum atomic E-state index is 12.3. The Morgan fingerprint density at radius 1 is 1.15 bits per heavy atom. The second-order valence-corrected chi connectivity index (χ2v) is 6.51. The molecule has 0 aliphatic rings. The molecule has 132 valence electrons. The van der Waals surface area contributed by atoms with Gasteiger partial charge >= 0.3 is 0 Å². The number of aryl methyl sites for hydroxylation is 2. The Balaban J connectivity index is 1.97. The summed E-state index contributed by atoms with van der Waals surface area (Å²) in [6.07, 6.45) is 0. The van der Waals surface area contributed by atoms with Gasteiger partial charge in [0.15, 0.2) is 5.65 Å². The molecule has 0 atom stereocenters. The second kappa shape index (κ2) is 5.91. The molecule has 8 nitrogen and oxygen atoms in total. The van der Waals surface area contributed by atoms with Gasteiger partial charge in [-0.1, -0.05) is 18.2 Å². The van der Waals surface area contributed by atoms with Gasteiger partial charge in [0.1, 0.15) is 12.1 Å². The third-order valence-electron chi connectivity index (χ3n) is 4.35. The van der Waals surface area contributed by atoms with Crippen molar-refractivity contribution in [3.05, 3.63) is 41.7 Å². The Morgan fingerprint density at radius 2 is 1.92 bits per heavy atom. The van der Waals surface area contributed by atoms with Crippen molar-refractivity contribution in [1.82, 2.24) is 34.4 Å². The lowest BCUT2D eigenvalue weighted by Crippen LogP contribution is -2.26. The highest BCUT2D eigenvalue weighted by Crippen LogP contribution is 2.26. The van der Waals surface area contributed by atoms with E-state index in [9.17, 15) is 4.79 Å². The van der Waals surface area contributed by atoms with E-state index in [1.807, 2.05) is 48.7 Å². The van der Waals surface area contributed by atoms with Gasteiger partial charge in [0.05, 0.1) is 11.2 Å². The summed E-state index contributed by atoms with van der Waals surface area (Å²) in [5, 5.41) is 14.0. The number of hydrogen-bond acceptors (Lipinski definition) is 5. The molecule has 0 unspecified atom stereocenters. The number of para-hydroxylation sites is 1.